The number of benzene rings is 1. The van der Waals surface area contributed by atoms with Gasteiger partial charge in [0.15, 0.2) is 6.61 Å². The highest BCUT2D eigenvalue weighted by Crippen LogP contribution is 2.60. The largest absolute Gasteiger partial charge is 0.484 e. The number of nitrogens with one attached hydrogen (secondary N) is 3. The lowest BCUT2D eigenvalue weighted by atomic mass is 9.48. The van der Waals surface area contributed by atoms with Crippen molar-refractivity contribution < 1.29 is 23.0 Å². The van der Waals surface area contributed by atoms with E-state index < -0.39 is 12.8 Å². The van der Waals surface area contributed by atoms with Crippen LogP contribution in [0.1, 0.15) is 68.9 Å². The number of hydrogen-bond donors (Lipinski definition) is 4. The van der Waals surface area contributed by atoms with E-state index in [1.165, 1.54) is 44.4 Å². The summed E-state index contributed by atoms with van der Waals surface area (Å²) in [5, 5.41) is 30.1. The maximum absolute atomic E-state index is 12.7. The minimum atomic E-state index is -4.42. The number of alkyl halides is 3. The molecule has 11 heteroatoms. The first-order valence-corrected chi connectivity index (χ1v) is 15.6. The fourth-order valence-electron chi connectivity index (χ4n) is 8.47. The SMILES string of the molecule is N#Cc1cnc(NCc2ccccc2OCC(F)(F)F)nc1NCC12CC3C[C@H](C1)C(NCC1CCC(O)CC1)[C@@H](C3)C2. The molecule has 5 atom stereocenters. The Labute approximate surface area is 250 Å². The Morgan fingerprint density at radius 2 is 1.79 bits per heavy atom. The van der Waals surface area contributed by atoms with Gasteiger partial charge in [0.25, 0.3) is 0 Å². The summed E-state index contributed by atoms with van der Waals surface area (Å²) in [5.41, 5.74) is 1.09. The predicted octanol–water partition coefficient (Wildman–Crippen LogP) is 5.65. The Balaban J connectivity index is 1.07. The number of hydrogen-bond acceptors (Lipinski definition) is 8. The summed E-state index contributed by atoms with van der Waals surface area (Å²) in [6.07, 6.45) is 7.13. The Bertz CT molecular complexity index is 1290. The zero-order valence-corrected chi connectivity index (χ0v) is 24.4. The number of halogens is 3. The van der Waals surface area contributed by atoms with Crippen LogP contribution in [0.15, 0.2) is 30.5 Å². The van der Waals surface area contributed by atoms with E-state index in [-0.39, 0.29) is 29.8 Å². The van der Waals surface area contributed by atoms with Crippen LogP contribution in [0, 0.1) is 40.4 Å². The molecule has 232 valence electrons. The van der Waals surface area contributed by atoms with E-state index in [9.17, 15) is 23.5 Å². The summed E-state index contributed by atoms with van der Waals surface area (Å²) >= 11 is 0. The average Bonchev–Trinajstić information content (AvgIpc) is 2.98. The summed E-state index contributed by atoms with van der Waals surface area (Å²) in [5.74, 6) is 3.66. The highest BCUT2D eigenvalue weighted by molar-refractivity contribution is 5.53. The van der Waals surface area contributed by atoms with Gasteiger partial charge in [-0.15, -0.1) is 0 Å². The monoisotopic (exact) mass is 598 g/mol. The van der Waals surface area contributed by atoms with Crippen molar-refractivity contribution >= 4 is 11.8 Å². The van der Waals surface area contributed by atoms with E-state index in [0.717, 1.165) is 44.7 Å². The molecule has 4 bridgehead atoms. The van der Waals surface area contributed by atoms with E-state index >= 15 is 0 Å². The maximum Gasteiger partial charge on any atom is 0.422 e. The first kappa shape index (κ1) is 29.9. The normalized spacial score (nSPS) is 31.4. The van der Waals surface area contributed by atoms with Crippen LogP contribution in [0.25, 0.3) is 0 Å². The first-order chi connectivity index (χ1) is 20.7. The molecule has 0 radical (unpaired) electrons. The highest BCUT2D eigenvalue weighted by Gasteiger charge is 2.55. The van der Waals surface area contributed by atoms with Gasteiger partial charge in [-0.25, -0.2) is 4.98 Å². The summed E-state index contributed by atoms with van der Waals surface area (Å²) in [7, 11) is 0. The molecule has 8 nitrogen and oxygen atoms in total. The topological polar surface area (TPSA) is 115 Å². The van der Waals surface area contributed by atoms with Crippen LogP contribution >= 0.6 is 0 Å². The molecular formula is C32H41F3N6O2. The minimum absolute atomic E-state index is 0.115. The molecule has 1 aromatic heterocycles. The van der Waals surface area contributed by atoms with E-state index in [0.29, 0.717) is 40.7 Å². The van der Waals surface area contributed by atoms with Crippen LogP contribution in [-0.4, -0.2) is 53.1 Å². The number of aromatic nitrogens is 2. The van der Waals surface area contributed by atoms with Crippen molar-refractivity contribution in [1.82, 2.24) is 15.3 Å². The fraction of sp³-hybridized carbons (Fsp3) is 0.656. The molecule has 0 aliphatic heterocycles. The Hall–Kier alpha value is -3.10. The molecule has 5 aliphatic carbocycles. The molecule has 4 N–H and O–H groups in total. The molecule has 1 aromatic carbocycles. The third-order valence-electron chi connectivity index (χ3n) is 10.2. The average molecular weight is 599 g/mol. The van der Waals surface area contributed by atoms with Gasteiger partial charge in [0.05, 0.1) is 12.3 Å². The predicted molar refractivity (Wildman–Crippen MR) is 156 cm³/mol. The van der Waals surface area contributed by atoms with Gasteiger partial charge in [-0.2, -0.15) is 23.4 Å². The lowest BCUT2D eigenvalue weighted by molar-refractivity contribution is -0.153. The molecule has 1 heterocycles. The molecular weight excluding hydrogens is 557 g/mol. The smallest absolute Gasteiger partial charge is 0.422 e. The van der Waals surface area contributed by atoms with Crippen molar-refractivity contribution in [3.8, 4) is 11.8 Å². The molecule has 7 rings (SSSR count). The lowest BCUT2D eigenvalue weighted by Crippen LogP contribution is -2.60. The molecule has 43 heavy (non-hydrogen) atoms. The Kier molecular flexibility index (Phi) is 8.70. The second-order valence-electron chi connectivity index (χ2n) is 13.4. The van der Waals surface area contributed by atoms with Gasteiger partial charge in [-0.05, 0) is 99.5 Å². The zero-order chi connectivity index (χ0) is 30.0. The van der Waals surface area contributed by atoms with E-state index in [4.69, 9.17) is 4.74 Å². The second-order valence-corrected chi connectivity index (χ2v) is 13.4. The quantitative estimate of drug-likeness (QED) is 0.263. The van der Waals surface area contributed by atoms with Gasteiger partial charge in [0, 0.05) is 24.7 Å². The zero-order valence-electron chi connectivity index (χ0n) is 24.4. The second kappa shape index (κ2) is 12.5. The van der Waals surface area contributed by atoms with Gasteiger partial charge >= 0.3 is 6.18 Å². The van der Waals surface area contributed by atoms with Gasteiger partial charge in [-0.3, -0.25) is 0 Å². The minimum Gasteiger partial charge on any atom is -0.484 e. The standard InChI is InChI=1S/C32H41F3N6O2/c33-32(34,35)19-43-27-4-2-1-3-22(27)16-38-30-39-17-25(14-36)29(41-30)40-18-31-11-21-9-23(12-31)28(24(10-21)13-31)37-15-20-5-7-26(42)8-6-20/h1-4,17,20-21,23-24,26,28,37,42H,5-13,15-16,18-19H2,(H2,38,39,40,41)/t20?,21?,23-,24+,26?,28?,31?. The number of aliphatic hydroxyl groups is 1. The van der Waals surface area contributed by atoms with Gasteiger partial charge in [-0.1, -0.05) is 18.2 Å². The lowest BCUT2D eigenvalue weighted by Gasteiger charge is -2.60. The number of rotatable bonds is 11. The van der Waals surface area contributed by atoms with E-state index in [1.807, 2.05) is 0 Å². The number of anilines is 2. The molecule has 2 aromatic rings. The van der Waals surface area contributed by atoms with Crippen molar-refractivity contribution in [1.29, 1.82) is 5.26 Å². The summed E-state index contributed by atoms with van der Waals surface area (Å²) in [6.45, 7) is 0.618. The summed E-state index contributed by atoms with van der Waals surface area (Å²) in [6, 6.07) is 9.31. The van der Waals surface area contributed by atoms with Gasteiger partial charge < -0.3 is 25.8 Å². The Morgan fingerprint density at radius 1 is 1.05 bits per heavy atom. The van der Waals surface area contributed by atoms with Crippen LogP contribution in [0.4, 0.5) is 24.9 Å². The summed E-state index contributed by atoms with van der Waals surface area (Å²) < 4.78 is 43.0. The van der Waals surface area contributed by atoms with Crippen LogP contribution in [-0.2, 0) is 6.54 Å². The van der Waals surface area contributed by atoms with Crippen molar-refractivity contribution in [2.24, 2.45) is 29.1 Å². The molecule has 5 saturated carbocycles. The third-order valence-corrected chi connectivity index (χ3v) is 10.2. The van der Waals surface area contributed by atoms with Crippen molar-refractivity contribution in [3.63, 3.8) is 0 Å². The molecule has 3 unspecified atom stereocenters. The van der Waals surface area contributed by atoms with E-state index in [2.05, 4.69) is 32.0 Å². The highest BCUT2D eigenvalue weighted by atomic mass is 19.4. The van der Waals surface area contributed by atoms with Crippen LogP contribution < -0.4 is 20.7 Å². The number of nitrogens with zero attached hydrogens (tertiary/aromatic N) is 3. The summed E-state index contributed by atoms with van der Waals surface area (Å²) in [4.78, 5) is 8.85. The first-order valence-electron chi connectivity index (χ1n) is 15.6. The van der Waals surface area contributed by atoms with E-state index in [1.54, 1.807) is 18.2 Å². The van der Waals surface area contributed by atoms with Gasteiger partial charge in [0.1, 0.15) is 23.2 Å². The van der Waals surface area contributed by atoms with Crippen molar-refractivity contribution in [2.45, 2.75) is 82.7 Å². The van der Waals surface area contributed by atoms with Gasteiger partial charge in [0.2, 0.25) is 5.95 Å². The molecule has 0 amide bonds. The molecule has 5 fully saturated rings. The maximum atomic E-state index is 12.7. The van der Waals surface area contributed by atoms with Crippen molar-refractivity contribution in [2.75, 3.05) is 30.3 Å². The molecule has 0 saturated heterocycles. The van der Waals surface area contributed by atoms with Crippen molar-refractivity contribution in [3.05, 3.63) is 41.6 Å². The fourth-order valence-corrected chi connectivity index (χ4v) is 8.47. The number of ether oxygens (including phenoxy) is 1. The number of para-hydroxylation sites is 1. The third kappa shape index (κ3) is 7.18. The van der Waals surface area contributed by atoms with Crippen LogP contribution in [0.5, 0.6) is 5.75 Å². The number of nitriles is 1. The Morgan fingerprint density at radius 3 is 2.51 bits per heavy atom. The number of aliphatic hydroxyl groups excluding tert-OH is 1. The van der Waals surface area contributed by atoms with Crippen LogP contribution in [0.2, 0.25) is 0 Å². The van der Waals surface area contributed by atoms with Crippen LogP contribution in [0.3, 0.4) is 0 Å². The molecule has 0 spiro atoms. The molecule has 5 aliphatic rings.